The first-order valence-corrected chi connectivity index (χ1v) is 10.1. The summed E-state index contributed by atoms with van der Waals surface area (Å²) in [5.74, 6) is 0.0279. The monoisotopic (exact) mass is 383 g/mol. The van der Waals surface area contributed by atoms with Gasteiger partial charge in [0.15, 0.2) is 0 Å². The van der Waals surface area contributed by atoms with Gasteiger partial charge in [0.2, 0.25) is 0 Å². The Morgan fingerprint density at radius 2 is 2.04 bits per heavy atom. The molecule has 1 aliphatic heterocycles. The molecule has 1 amide bonds. The number of halogens is 1. The third-order valence-corrected chi connectivity index (χ3v) is 6.06. The second kappa shape index (κ2) is 7.64. The number of likely N-dealkylation sites (tertiary alicyclic amines) is 1. The Balaban J connectivity index is 1.56. The van der Waals surface area contributed by atoms with Crippen molar-refractivity contribution < 1.29 is 9.18 Å². The molecule has 0 N–H and O–H groups in total. The minimum Gasteiger partial charge on any atom is -0.337 e. The Kier molecular flexibility index (Phi) is 5.07. The van der Waals surface area contributed by atoms with Crippen molar-refractivity contribution in [3.05, 3.63) is 64.9 Å². The van der Waals surface area contributed by atoms with Gasteiger partial charge in [-0.1, -0.05) is 24.6 Å². The second-order valence-electron chi connectivity index (χ2n) is 7.01. The van der Waals surface area contributed by atoms with Crippen LogP contribution < -0.4 is 0 Å². The highest BCUT2D eigenvalue weighted by molar-refractivity contribution is 7.13. The van der Waals surface area contributed by atoms with Crippen LogP contribution in [0.5, 0.6) is 0 Å². The Hall–Kier alpha value is -2.47. The van der Waals surface area contributed by atoms with Crippen molar-refractivity contribution in [1.29, 1.82) is 0 Å². The topological polar surface area (TPSA) is 38.1 Å². The lowest BCUT2D eigenvalue weighted by Crippen LogP contribution is -2.35. The van der Waals surface area contributed by atoms with Gasteiger partial charge < -0.3 is 4.90 Å². The van der Waals surface area contributed by atoms with E-state index in [4.69, 9.17) is 0 Å². The van der Waals surface area contributed by atoms with Crippen LogP contribution >= 0.6 is 11.3 Å². The van der Waals surface area contributed by atoms with Crippen LogP contribution in [0.2, 0.25) is 0 Å². The molecule has 0 aliphatic carbocycles. The summed E-state index contributed by atoms with van der Waals surface area (Å²) in [5.41, 5.74) is 2.54. The molecule has 2 aromatic heterocycles. The lowest BCUT2D eigenvalue weighted by Gasteiger charge is -2.24. The van der Waals surface area contributed by atoms with Crippen LogP contribution in [0.4, 0.5) is 4.39 Å². The number of hydrogen-bond acceptors (Lipinski definition) is 3. The van der Waals surface area contributed by atoms with E-state index in [1.807, 2.05) is 47.7 Å². The van der Waals surface area contributed by atoms with Gasteiger partial charge in [-0.3, -0.25) is 9.48 Å². The average Bonchev–Trinajstić information content (AvgIpc) is 3.26. The molecule has 4 rings (SSSR count). The molecule has 1 atom stereocenters. The van der Waals surface area contributed by atoms with E-state index < -0.39 is 0 Å². The first-order valence-electron chi connectivity index (χ1n) is 9.24. The lowest BCUT2D eigenvalue weighted by atomic mass is 9.94. The summed E-state index contributed by atoms with van der Waals surface area (Å²) in [6.07, 6.45) is 3.07. The van der Waals surface area contributed by atoms with E-state index >= 15 is 0 Å². The van der Waals surface area contributed by atoms with E-state index in [1.165, 1.54) is 12.1 Å². The summed E-state index contributed by atoms with van der Waals surface area (Å²) < 4.78 is 14.9. The molecule has 140 valence electrons. The fourth-order valence-electron chi connectivity index (χ4n) is 3.71. The van der Waals surface area contributed by atoms with E-state index in [-0.39, 0.29) is 17.6 Å². The number of rotatable bonds is 3. The van der Waals surface area contributed by atoms with Crippen LogP contribution in [-0.2, 0) is 7.05 Å². The molecule has 1 aliphatic rings. The molecular formula is C21H22FN3OS. The zero-order chi connectivity index (χ0) is 18.8. The highest BCUT2D eigenvalue weighted by atomic mass is 32.1. The summed E-state index contributed by atoms with van der Waals surface area (Å²) >= 11 is 1.62. The van der Waals surface area contributed by atoms with E-state index in [0.29, 0.717) is 12.2 Å². The lowest BCUT2D eigenvalue weighted by molar-refractivity contribution is 0.0743. The van der Waals surface area contributed by atoms with E-state index in [9.17, 15) is 9.18 Å². The van der Waals surface area contributed by atoms with Crippen molar-refractivity contribution in [2.75, 3.05) is 13.1 Å². The molecule has 1 saturated heterocycles. The second-order valence-corrected chi connectivity index (χ2v) is 7.96. The minimum absolute atomic E-state index is 0.0156. The molecule has 1 fully saturated rings. The molecule has 27 heavy (non-hydrogen) atoms. The highest BCUT2D eigenvalue weighted by Gasteiger charge is 2.26. The number of carbonyl (C=O) groups is 1. The maximum atomic E-state index is 13.3. The van der Waals surface area contributed by atoms with Gasteiger partial charge in [-0.25, -0.2) is 4.39 Å². The number of hydrogen-bond donors (Lipinski definition) is 0. The first-order chi connectivity index (χ1) is 13.1. The Bertz CT molecular complexity index is 918. The van der Waals surface area contributed by atoms with Crippen LogP contribution in [0.15, 0.2) is 47.8 Å². The maximum absolute atomic E-state index is 13.3. The van der Waals surface area contributed by atoms with Gasteiger partial charge in [0.25, 0.3) is 5.91 Å². The third-order valence-electron chi connectivity index (χ3n) is 5.17. The van der Waals surface area contributed by atoms with Crippen molar-refractivity contribution in [1.82, 2.24) is 14.7 Å². The molecule has 3 heterocycles. The van der Waals surface area contributed by atoms with Crippen molar-refractivity contribution in [2.24, 2.45) is 7.05 Å². The molecular weight excluding hydrogens is 361 g/mol. The average molecular weight is 383 g/mol. The van der Waals surface area contributed by atoms with Gasteiger partial charge >= 0.3 is 0 Å². The zero-order valence-electron chi connectivity index (χ0n) is 15.3. The molecule has 1 aromatic carbocycles. The van der Waals surface area contributed by atoms with Gasteiger partial charge in [-0.15, -0.1) is 11.3 Å². The molecule has 4 nitrogen and oxygen atoms in total. The van der Waals surface area contributed by atoms with Crippen molar-refractivity contribution >= 4 is 17.2 Å². The first kappa shape index (κ1) is 17.9. The number of amides is 1. The summed E-state index contributed by atoms with van der Waals surface area (Å²) in [6, 6.07) is 12.6. The number of benzene rings is 1. The molecule has 0 bridgehead atoms. The molecule has 0 radical (unpaired) electrons. The third kappa shape index (κ3) is 3.81. The molecule has 3 aromatic rings. The molecule has 0 spiro atoms. The van der Waals surface area contributed by atoms with Gasteiger partial charge in [0.05, 0.1) is 4.88 Å². The number of aromatic nitrogens is 2. The fraction of sp³-hybridized carbons (Fsp3) is 0.333. The van der Waals surface area contributed by atoms with Crippen LogP contribution in [0.1, 0.15) is 41.2 Å². The highest BCUT2D eigenvalue weighted by Crippen LogP contribution is 2.29. The summed E-state index contributed by atoms with van der Waals surface area (Å²) in [4.78, 5) is 16.2. The number of thiophene rings is 1. The van der Waals surface area contributed by atoms with Gasteiger partial charge in [0, 0.05) is 26.1 Å². The van der Waals surface area contributed by atoms with Gasteiger partial charge in [-0.05, 0) is 48.1 Å². The van der Waals surface area contributed by atoms with Crippen LogP contribution in [-0.4, -0.2) is 33.7 Å². The predicted molar refractivity (Wildman–Crippen MR) is 105 cm³/mol. The Morgan fingerprint density at radius 3 is 2.78 bits per heavy atom. The quantitative estimate of drug-likeness (QED) is 0.658. The number of nitrogens with zero attached hydrogens (tertiary/aromatic N) is 3. The Labute approximate surface area is 162 Å². The largest absolute Gasteiger partial charge is 0.337 e. The normalized spacial score (nSPS) is 17.7. The van der Waals surface area contributed by atoms with E-state index in [1.54, 1.807) is 16.0 Å². The number of carbonyl (C=O) groups excluding carboxylic acids is 1. The fourth-order valence-corrected chi connectivity index (χ4v) is 4.39. The van der Waals surface area contributed by atoms with Gasteiger partial charge in [-0.2, -0.15) is 5.10 Å². The van der Waals surface area contributed by atoms with E-state index in [0.717, 1.165) is 41.9 Å². The summed E-state index contributed by atoms with van der Waals surface area (Å²) in [6.45, 7) is 1.40. The molecule has 6 heteroatoms. The number of aryl methyl sites for hydroxylation is 1. The minimum atomic E-state index is -0.226. The predicted octanol–water partition coefficient (Wildman–Crippen LogP) is 4.70. The smallest absolute Gasteiger partial charge is 0.272 e. The van der Waals surface area contributed by atoms with Crippen LogP contribution in [0, 0.1) is 5.82 Å². The van der Waals surface area contributed by atoms with Crippen molar-refractivity contribution in [3.63, 3.8) is 0 Å². The summed E-state index contributed by atoms with van der Waals surface area (Å²) in [5, 5.41) is 6.52. The SMILES string of the molecule is Cn1nc(-c2cccs2)cc1C(=O)N1CCCCC(c2ccc(F)cc2)C1. The van der Waals surface area contributed by atoms with E-state index in [2.05, 4.69) is 5.10 Å². The summed E-state index contributed by atoms with van der Waals surface area (Å²) in [7, 11) is 1.82. The zero-order valence-corrected chi connectivity index (χ0v) is 16.1. The molecule has 1 unspecified atom stereocenters. The van der Waals surface area contributed by atoms with Crippen molar-refractivity contribution in [3.8, 4) is 10.6 Å². The molecule has 0 saturated carbocycles. The van der Waals surface area contributed by atoms with Gasteiger partial charge in [0.1, 0.15) is 17.2 Å². The standard InChI is InChI=1S/C21H22FN3OS/c1-24-19(13-18(23-24)20-6-4-12-27-20)21(26)25-11-3-2-5-16(14-25)15-7-9-17(22)10-8-15/h4,6-10,12-13,16H,2-3,5,11,14H2,1H3. The van der Waals surface area contributed by atoms with Crippen LogP contribution in [0.25, 0.3) is 10.6 Å². The van der Waals surface area contributed by atoms with Crippen LogP contribution in [0.3, 0.4) is 0 Å². The maximum Gasteiger partial charge on any atom is 0.272 e. The van der Waals surface area contributed by atoms with Crippen molar-refractivity contribution in [2.45, 2.75) is 25.2 Å². The Morgan fingerprint density at radius 1 is 1.22 bits per heavy atom.